The van der Waals surface area contributed by atoms with Gasteiger partial charge in [0.2, 0.25) is 0 Å². The number of esters is 1. The molecule has 0 radical (unpaired) electrons. The quantitative estimate of drug-likeness (QED) is 0.537. The Morgan fingerprint density at radius 2 is 2.00 bits per heavy atom. The van der Waals surface area contributed by atoms with Gasteiger partial charge in [-0.15, -0.1) is 0 Å². The summed E-state index contributed by atoms with van der Waals surface area (Å²) in [5.41, 5.74) is -1.38. The number of hydrogen-bond donors (Lipinski definition) is 1. The Morgan fingerprint density at radius 1 is 1.41 bits per heavy atom. The van der Waals surface area contributed by atoms with Gasteiger partial charge in [-0.25, -0.2) is 0 Å². The molecule has 0 aliphatic carbocycles. The molecule has 0 saturated heterocycles. The van der Waals surface area contributed by atoms with E-state index in [-0.39, 0.29) is 12.5 Å². The zero-order chi connectivity index (χ0) is 13.5. The lowest BCUT2D eigenvalue weighted by Gasteiger charge is -2.28. The normalized spacial score (nSPS) is 14.4. The highest BCUT2D eigenvalue weighted by Crippen LogP contribution is 2.33. The fourth-order valence-corrected chi connectivity index (χ4v) is 2.36. The van der Waals surface area contributed by atoms with Gasteiger partial charge in [-0.2, -0.15) is 11.8 Å². The van der Waals surface area contributed by atoms with Crippen molar-refractivity contribution in [3.63, 3.8) is 0 Å². The summed E-state index contributed by atoms with van der Waals surface area (Å²) < 4.78 is 4.94. The summed E-state index contributed by atoms with van der Waals surface area (Å²) in [6.07, 6.45) is 2.54. The molecule has 0 aliphatic heterocycles. The Kier molecular flexibility index (Phi) is 7.27. The molecule has 0 amide bonds. The van der Waals surface area contributed by atoms with Crippen molar-refractivity contribution in [1.82, 2.24) is 0 Å². The minimum atomic E-state index is -1.38. The molecule has 0 aliphatic rings. The van der Waals surface area contributed by atoms with Crippen molar-refractivity contribution in [2.24, 2.45) is 11.3 Å². The van der Waals surface area contributed by atoms with Gasteiger partial charge in [0, 0.05) is 0 Å². The summed E-state index contributed by atoms with van der Waals surface area (Å²) in [6.45, 7) is 5.73. The van der Waals surface area contributed by atoms with E-state index in [4.69, 9.17) is 4.74 Å². The second-order valence-electron chi connectivity index (χ2n) is 4.45. The number of ether oxygens (including phenoxy) is 1. The lowest BCUT2D eigenvalue weighted by atomic mass is 9.78. The molecule has 0 aromatic carbocycles. The second kappa shape index (κ2) is 7.58. The Hall–Kier alpha value is -0.710. The van der Waals surface area contributed by atoms with Gasteiger partial charge in [-0.05, 0) is 37.7 Å². The molecule has 0 heterocycles. The first kappa shape index (κ1) is 16.3. The van der Waals surface area contributed by atoms with Crippen LogP contribution in [0.2, 0.25) is 0 Å². The maximum absolute atomic E-state index is 11.9. The number of thioether (sulfide) groups is 1. The predicted octanol–water partition coefficient (Wildman–Crippen LogP) is 2.42. The first-order chi connectivity index (χ1) is 7.90. The number of carboxylic acid groups (broad SMARTS) is 1. The highest BCUT2D eigenvalue weighted by Gasteiger charge is 2.47. The molecule has 100 valence electrons. The molecule has 0 aromatic rings. The SMILES string of the molecule is CCOC(=O)C(CCSC)(CC(C)C)C(=O)O. The zero-order valence-corrected chi connectivity index (χ0v) is 11.8. The molecule has 0 spiro atoms. The molecule has 0 bridgehead atoms. The monoisotopic (exact) mass is 262 g/mol. The highest BCUT2D eigenvalue weighted by molar-refractivity contribution is 7.98. The minimum Gasteiger partial charge on any atom is -0.480 e. The van der Waals surface area contributed by atoms with Crippen LogP contribution in [-0.4, -0.2) is 35.7 Å². The van der Waals surface area contributed by atoms with Crippen molar-refractivity contribution >= 4 is 23.7 Å². The largest absolute Gasteiger partial charge is 0.480 e. The molecule has 0 fully saturated rings. The fourth-order valence-electron chi connectivity index (χ4n) is 1.81. The van der Waals surface area contributed by atoms with Crippen molar-refractivity contribution in [3.05, 3.63) is 0 Å². The van der Waals surface area contributed by atoms with Crippen LogP contribution >= 0.6 is 11.8 Å². The van der Waals surface area contributed by atoms with E-state index < -0.39 is 17.4 Å². The van der Waals surface area contributed by atoms with E-state index in [9.17, 15) is 14.7 Å². The van der Waals surface area contributed by atoms with Crippen LogP contribution < -0.4 is 0 Å². The van der Waals surface area contributed by atoms with Crippen molar-refractivity contribution in [1.29, 1.82) is 0 Å². The van der Waals surface area contributed by atoms with Crippen LogP contribution in [0.25, 0.3) is 0 Å². The summed E-state index contributed by atoms with van der Waals surface area (Å²) in [4.78, 5) is 23.4. The topological polar surface area (TPSA) is 63.6 Å². The van der Waals surface area contributed by atoms with E-state index in [0.717, 1.165) is 0 Å². The molecule has 1 N–H and O–H groups in total. The number of aliphatic carboxylic acids is 1. The molecule has 0 rings (SSSR count). The number of carboxylic acids is 1. The number of rotatable bonds is 8. The second-order valence-corrected chi connectivity index (χ2v) is 5.43. The molecular weight excluding hydrogens is 240 g/mol. The van der Waals surface area contributed by atoms with Crippen molar-refractivity contribution < 1.29 is 19.4 Å². The summed E-state index contributed by atoms with van der Waals surface area (Å²) >= 11 is 1.54. The van der Waals surface area contributed by atoms with Crippen LogP contribution in [0.1, 0.15) is 33.6 Å². The molecular formula is C12H22O4S. The first-order valence-corrected chi connectivity index (χ1v) is 7.19. The minimum absolute atomic E-state index is 0.136. The van der Waals surface area contributed by atoms with E-state index in [0.29, 0.717) is 18.6 Å². The molecule has 1 atom stereocenters. The summed E-state index contributed by atoms with van der Waals surface area (Å²) in [6, 6.07) is 0. The van der Waals surface area contributed by atoms with Gasteiger partial charge in [0.1, 0.15) is 0 Å². The smallest absolute Gasteiger partial charge is 0.323 e. The van der Waals surface area contributed by atoms with Gasteiger partial charge in [-0.1, -0.05) is 13.8 Å². The van der Waals surface area contributed by atoms with Crippen LogP contribution in [0, 0.1) is 11.3 Å². The van der Waals surface area contributed by atoms with Crippen LogP contribution in [0.4, 0.5) is 0 Å². The van der Waals surface area contributed by atoms with Gasteiger partial charge >= 0.3 is 11.9 Å². The predicted molar refractivity (Wildman–Crippen MR) is 69.2 cm³/mol. The van der Waals surface area contributed by atoms with E-state index in [1.54, 1.807) is 6.92 Å². The average molecular weight is 262 g/mol. The lowest BCUT2D eigenvalue weighted by Crippen LogP contribution is -2.42. The fraction of sp³-hybridized carbons (Fsp3) is 0.833. The summed E-state index contributed by atoms with van der Waals surface area (Å²) in [5, 5.41) is 9.39. The molecule has 0 saturated carbocycles. The van der Waals surface area contributed by atoms with Gasteiger partial charge in [0.05, 0.1) is 6.61 Å². The molecule has 5 heteroatoms. The number of carbonyl (C=O) groups is 2. The van der Waals surface area contributed by atoms with Gasteiger partial charge in [0.15, 0.2) is 5.41 Å². The van der Waals surface area contributed by atoms with E-state index in [1.165, 1.54) is 11.8 Å². The van der Waals surface area contributed by atoms with Crippen LogP contribution in [0.3, 0.4) is 0 Å². The number of hydrogen-bond acceptors (Lipinski definition) is 4. The lowest BCUT2D eigenvalue weighted by molar-refractivity contribution is -0.170. The van der Waals surface area contributed by atoms with Crippen LogP contribution in [0.5, 0.6) is 0 Å². The Labute approximate surface area is 107 Å². The average Bonchev–Trinajstić information content (AvgIpc) is 2.23. The summed E-state index contributed by atoms with van der Waals surface area (Å²) in [5.74, 6) is -0.899. The van der Waals surface area contributed by atoms with Crippen molar-refractivity contribution in [2.45, 2.75) is 33.6 Å². The third-order valence-corrected chi connectivity index (χ3v) is 3.18. The van der Waals surface area contributed by atoms with Gasteiger partial charge < -0.3 is 9.84 Å². The van der Waals surface area contributed by atoms with E-state index in [2.05, 4.69) is 0 Å². The third kappa shape index (κ3) is 4.58. The number of carbonyl (C=O) groups excluding carboxylic acids is 1. The van der Waals surface area contributed by atoms with Gasteiger partial charge in [0.25, 0.3) is 0 Å². The van der Waals surface area contributed by atoms with Gasteiger partial charge in [-0.3, -0.25) is 9.59 Å². The van der Waals surface area contributed by atoms with Crippen LogP contribution in [0.15, 0.2) is 0 Å². The maximum Gasteiger partial charge on any atom is 0.323 e. The Balaban J connectivity index is 5.08. The maximum atomic E-state index is 11.9. The Bertz CT molecular complexity index is 265. The Morgan fingerprint density at radius 3 is 2.35 bits per heavy atom. The van der Waals surface area contributed by atoms with Crippen molar-refractivity contribution in [2.75, 3.05) is 18.6 Å². The zero-order valence-electron chi connectivity index (χ0n) is 11.0. The highest BCUT2D eigenvalue weighted by atomic mass is 32.2. The molecule has 0 aromatic heterocycles. The first-order valence-electron chi connectivity index (χ1n) is 5.80. The van der Waals surface area contributed by atoms with E-state index >= 15 is 0 Å². The third-order valence-electron chi connectivity index (χ3n) is 2.57. The van der Waals surface area contributed by atoms with Crippen molar-refractivity contribution in [3.8, 4) is 0 Å². The molecule has 17 heavy (non-hydrogen) atoms. The van der Waals surface area contributed by atoms with Crippen LogP contribution in [-0.2, 0) is 14.3 Å². The van der Waals surface area contributed by atoms with E-state index in [1.807, 2.05) is 20.1 Å². The standard InChI is InChI=1S/C12H22O4S/c1-5-16-11(15)12(10(13)14,6-7-17-4)8-9(2)3/h9H,5-8H2,1-4H3,(H,13,14). The molecule has 4 nitrogen and oxygen atoms in total. The molecule has 1 unspecified atom stereocenters. The summed E-state index contributed by atoms with van der Waals surface area (Å²) in [7, 11) is 0.